The van der Waals surface area contributed by atoms with E-state index in [1.165, 1.54) is 0 Å². The van der Waals surface area contributed by atoms with Gasteiger partial charge < -0.3 is 9.47 Å². The lowest BCUT2D eigenvalue weighted by Gasteiger charge is -2.43. The number of likely N-dealkylation sites (tertiary alicyclic amines) is 1. The molecule has 1 saturated heterocycles. The molecule has 0 radical (unpaired) electrons. The summed E-state index contributed by atoms with van der Waals surface area (Å²) in [6.07, 6.45) is 6.18. The van der Waals surface area contributed by atoms with Crippen LogP contribution in [0, 0.1) is 0 Å². The maximum Gasteiger partial charge on any atom is 0.416 e. The number of carbonyl (C=O) groups is 2. The Bertz CT molecular complexity index is 910. The highest BCUT2D eigenvalue weighted by atomic mass is 16.6. The molecule has 2 aromatic rings. The zero-order valence-electron chi connectivity index (χ0n) is 17.7. The molecule has 5 nitrogen and oxygen atoms in total. The predicted molar refractivity (Wildman–Crippen MR) is 119 cm³/mol. The normalized spacial score (nSPS) is 20.7. The van der Waals surface area contributed by atoms with Crippen molar-refractivity contribution in [3.05, 3.63) is 77.9 Å². The Balaban J connectivity index is 1.39. The number of ketones is 1. The molecule has 0 N–H and O–H groups in total. The second kappa shape index (κ2) is 10.4. The van der Waals surface area contributed by atoms with Crippen molar-refractivity contribution in [3.63, 3.8) is 0 Å². The van der Waals surface area contributed by atoms with Crippen molar-refractivity contribution in [1.29, 1.82) is 0 Å². The predicted octanol–water partition coefficient (Wildman–Crippen LogP) is 5.30. The topological polar surface area (TPSA) is 55.8 Å². The van der Waals surface area contributed by atoms with Gasteiger partial charge in [-0.25, -0.2) is 4.79 Å². The minimum Gasteiger partial charge on any atom is -0.410 e. The van der Waals surface area contributed by atoms with Gasteiger partial charge >= 0.3 is 6.09 Å². The van der Waals surface area contributed by atoms with Gasteiger partial charge in [0, 0.05) is 24.6 Å². The van der Waals surface area contributed by atoms with Gasteiger partial charge in [-0.3, -0.25) is 9.69 Å². The number of rotatable bonds is 7. The number of allylic oxidation sites excluding steroid dienone is 1. The Morgan fingerprint density at radius 1 is 1.03 bits per heavy atom. The first-order valence-electron chi connectivity index (χ1n) is 11.1. The van der Waals surface area contributed by atoms with Crippen molar-refractivity contribution in [2.24, 2.45) is 0 Å². The fourth-order valence-electron chi connectivity index (χ4n) is 4.48. The molecule has 1 aliphatic heterocycles. The molecule has 1 amide bonds. The molecule has 0 saturated carbocycles. The van der Waals surface area contributed by atoms with E-state index in [1.54, 1.807) is 12.1 Å². The highest BCUT2D eigenvalue weighted by molar-refractivity contribution is 5.99. The van der Waals surface area contributed by atoms with Crippen molar-refractivity contribution in [3.8, 4) is 5.75 Å². The Labute approximate surface area is 183 Å². The summed E-state index contributed by atoms with van der Waals surface area (Å²) in [5, 5.41) is 0. The van der Waals surface area contributed by atoms with Gasteiger partial charge in [0.1, 0.15) is 5.75 Å². The first-order valence-corrected chi connectivity index (χ1v) is 11.1. The smallest absolute Gasteiger partial charge is 0.410 e. The molecule has 0 spiro atoms. The lowest BCUT2D eigenvalue weighted by atomic mass is 9.82. The van der Waals surface area contributed by atoms with Crippen molar-refractivity contribution in [1.82, 2.24) is 4.90 Å². The zero-order valence-corrected chi connectivity index (χ0v) is 17.7. The fourth-order valence-corrected chi connectivity index (χ4v) is 4.48. The van der Waals surface area contributed by atoms with Crippen LogP contribution >= 0.6 is 0 Å². The molecule has 4 rings (SSSR count). The summed E-state index contributed by atoms with van der Waals surface area (Å²) >= 11 is 0. The summed E-state index contributed by atoms with van der Waals surface area (Å²) in [7, 11) is 0. The van der Waals surface area contributed by atoms with Crippen molar-refractivity contribution in [2.75, 3.05) is 6.61 Å². The van der Waals surface area contributed by atoms with E-state index in [-0.39, 0.29) is 24.0 Å². The number of fused-ring (bicyclic) bond motifs is 1. The molecule has 5 heteroatoms. The van der Waals surface area contributed by atoms with E-state index in [0.29, 0.717) is 31.8 Å². The third-order valence-corrected chi connectivity index (χ3v) is 5.97. The van der Waals surface area contributed by atoms with Gasteiger partial charge in [0.05, 0.1) is 12.6 Å². The summed E-state index contributed by atoms with van der Waals surface area (Å²) < 4.78 is 11.5. The average molecular weight is 420 g/mol. The molecular formula is C26H29NO4. The Morgan fingerprint density at radius 3 is 2.55 bits per heavy atom. The van der Waals surface area contributed by atoms with E-state index in [2.05, 4.69) is 0 Å². The van der Waals surface area contributed by atoms with E-state index in [4.69, 9.17) is 9.47 Å². The average Bonchev–Trinajstić information content (AvgIpc) is 2.80. The monoisotopic (exact) mass is 419 g/mol. The van der Waals surface area contributed by atoms with Crippen LogP contribution < -0.4 is 4.74 Å². The SMILES string of the molecule is O=C1C[C@@H](CCCOCc2ccccc2)N(C(=O)Oc2ccccc2)[C@H]2CCCC=C12. The van der Waals surface area contributed by atoms with E-state index in [0.717, 1.165) is 36.8 Å². The third-order valence-electron chi connectivity index (χ3n) is 5.97. The van der Waals surface area contributed by atoms with Crippen LogP contribution in [-0.2, 0) is 16.1 Å². The van der Waals surface area contributed by atoms with Crippen LogP contribution in [0.15, 0.2) is 72.3 Å². The second-order valence-corrected chi connectivity index (χ2v) is 8.16. The first kappa shape index (κ1) is 21.3. The van der Waals surface area contributed by atoms with Crippen LogP contribution in [0.3, 0.4) is 0 Å². The molecule has 2 atom stereocenters. The second-order valence-electron chi connectivity index (χ2n) is 8.16. The van der Waals surface area contributed by atoms with Crippen LogP contribution in [0.1, 0.15) is 44.1 Å². The summed E-state index contributed by atoms with van der Waals surface area (Å²) in [6, 6.07) is 18.8. The van der Waals surface area contributed by atoms with E-state index in [1.807, 2.05) is 59.5 Å². The number of nitrogens with zero attached hydrogens (tertiary/aromatic N) is 1. The van der Waals surface area contributed by atoms with Gasteiger partial charge in [0.25, 0.3) is 0 Å². The number of amides is 1. The molecule has 1 fully saturated rings. The number of ether oxygens (including phenoxy) is 2. The van der Waals surface area contributed by atoms with Crippen molar-refractivity contribution in [2.45, 2.75) is 57.2 Å². The standard InChI is InChI=1S/C26H29NO4/c28-25-18-21(12-9-17-30-19-20-10-3-1-4-11-20)27(24-16-8-7-15-23(24)25)26(29)31-22-13-5-2-6-14-22/h1-6,10-11,13-15,21,24H,7-9,12,16-19H2/t21-,24+/m1/s1. The number of para-hydroxylation sites is 1. The Kier molecular flexibility index (Phi) is 7.15. The Hall–Kier alpha value is -2.92. The van der Waals surface area contributed by atoms with E-state index >= 15 is 0 Å². The van der Waals surface area contributed by atoms with Gasteiger partial charge in [0.15, 0.2) is 5.78 Å². The van der Waals surface area contributed by atoms with E-state index < -0.39 is 0 Å². The minimum absolute atomic E-state index is 0.163. The van der Waals surface area contributed by atoms with E-state index in [9.17, 15) is 9.59 Å². The fraction of sp³-hybridized carbons (Fsp3) is 0.385. The zero-order chi connectivity index (χ0) is 21.5. The number of piperidine rings is 1. The van der Waals surface area contributed by atoms with Gasteiger partial charge in [-0.05, 0) is 49.8 Å². The third kappa shape index (κ3) is 5.42. The molecule has 2 aliphatic rings. The summed E-state index contributed by atoms with van der Waals surface area (Å²) in [6.45, 7) is 1.16. The van der Waals surface area contributed by atoms with Crippen molar-refractivity contribution >= 4 is 11.9 Å². The molecule has 0 aromatic heterocycles. The molecule has 162 valence electrons. The number of benzene rings is 2. The number of hydrogen-bond donors (Lipinski definition) is 0. The quantitative estimate of drug-likeness (QED) is 0.571. The molecular weight excluding hydrogens is 390 g/mol. The lowest BCUT2D eigenvalue weighted by molar-refractivity contribution is -0.119. The van der Waals surface area contributed by atoms with Gasteiger partial charge in [-0.15, -0.1) is 0 Å². The van der Waals surface area contributed by atoms with Crippen LogP contribution in [0.4, 0.5) is 4.79 Å². The van der Waals surface area contributed by atoms with Crippen LogP contribution in [0.2, 0.25) is 0 Å². The number of carbonyl (C=O) groups excluding carboxylic acids is 2. The van der Waals surface area contributed by atoms with Crippen LogP contribution in [-0.4, -0.2) is 35.5 Å². The van der Waals surface area contributed by atoms with Crippen LogP contribution in [0.5, 0.6) is 5.75 Å². The first-order chi connectivity index (χ1) is 15.2. The maximum absolute atomic E-state index is 13.1. The molecule has 1 heterocycles. The lowest BCUT2D eigenvalue weighted by Crippen LogP contribution is -2.55. The molecule has 1 aliphatic carbocycles. The molecule has 0 bridgehead atoms. The number of hydrogen-bond acceptors (Lipinski definition) is 4. The highest BCUT2D eigenvalue weighted by Gasteiger charge is 2.42. The maximum atomic E-state index is 13.1. The molecule has 2 aromatic carbocycles. The number of Topliss-reactive ketones (excluding diaryl/α,β-unsaturated/α-hetero) is 1. The summed E-state index contributed by atoms with van der Waals surface area (Å²) in [5.74, 6) is 0.694. The summed E-state index contributed by atoms with van der Waals surface area (Å²) in [5.41, 5.74) is 1.92. The van der Waals surface area contributed by atoms with Crippen molar-refractivity contribution < 1.29 is 19.1 Å². The van der Waals surface area contributed by atoms with Gasteiger partial charge in [0.2, 0.25) is 0 Å². The van der Waals surface area contributed by atoms with Gasteiger partial charge in [-0.2, -0.15) is 0 Å². The minimum atomic E-state index is -0.369. The highest BCUT2D eigenvalue weighted by Crippen LogP contribution is 2.34. The van der Waals surface area contributed by atoms with Crippen LogP contribution in [0.25, 0.3) is 0 Å². The molecule has 31 heavy (non-hydrogen) atoms. The van der Waals surface area contributed by atoms with Gasteiger partial charge in [-0.1, -0.05) is 54.6 Å². The molecule has 0 unspecified atom stereocenters. The Morgan fingerprint density at radius 2 is 1.77 bits per heavy atom. The largest absolute Gasteiger partial charge is 0.416 e. The summed E-state index contributed by atoms with van der Waals surface area (Å²) in [4.78, 5) is 27.7.